The molecule has 0 saturated heterocycles. The highest BCUT2D eigenvalue weighted by atomic mass is 14.9. The van der Waals surface area contributed by atoms with E-state index in [0.717, 1.165) is 0 Å². The molecule has 0 bridgehead atoms. The van der Waals surface area contributed by atoms with Gasteiger partial charge in [-0.15, -0.1) is 0 Å². The molecule has 0 saturated carbocycles. The van der Waals surface area contributed by atoms with E-state index in [2.05, 4.69) is 462 Å². The van der Waals surface area contributed by atoms with Crippen molar-refractivity contribution in [2.45, 2.75) is 76.2 Å². The van der Waals surface area contributed by atoms with Crippen LogP contribution in [0.1, 0.15) is 61.2 Å². The highest BCUT2D eigenvalue weighted by Gasteiger charge is 2.20. The number of rotatable bonds is 10. The van der Waals surface area contributed by atoms with Gasteiger partial charge in [0.15, 0.2) is 31.0 Å². The fraction of sp³-hybridized carbons (Fsp3) is 0.158. The van der Waals surface area contributed by atoms with Gasteiger partial charge in [-0.05, 0) is 231 Å². The average molecular weight is 1390 g/mol. The van der Waals surface area contributed by atoms with Gasteiger partial charge < -0.3 is 0 Å². The van der Waals surface area contributed by atoms with E-state index in [4.69, 9.17) is 0 Å². The predicted octanol–water partition coefficient (Wildman–Crippen LogP) is 22.6. The molecule has 106 heavy (non-hydrogen) atoms. The molecule has 5 heteroatoms. The molecule has 5 heterocycles. The molecule has 15 aromatic rings. The van der Waals surface area contributed by atoms with Crippen LogP contribution in [-0.4, -0.2) is 0 Å². The summed E-state index contributed by atoms with van der Waals surface area (Å²) in [5.41, 5.74) is 39.8. The number of pyridine rings is 5. The molecule has 5 nitrogen and oxygen atoms in total. The van der Waals surface area contributed by atoms with Gasteiger partial charge >= 0.3 is 0 Å². The van der Waals surface area contributed by atoms with Crippen molar-refractivity contribution in [1.82, 2.24) is 0 Å². The molecule has 10 aromatic carbocycles. The number of benzene rings is 10. The quantitative estimate of drug-likeness (QED) is 0.122. The maximum atomic E-state index is 2.32. The number of hydrogen-bond donors (Lipinski definition) is 0. The largest absolute Gasteiger partial charge is 0.212 e. The van der Waals surface area contributed by atoms with Crippen molar-refractivity contribution in [3.05, 3.63) is 389 Å². The van der Waals surface area contributed by atoms with E-state index in [-0.39, 0.29) is 0 Å². The van der Waals surface area contributed by atoms with Crippen molar-refractivity contribution in [2.75, 3.05) is 0 Å². The summed E-state index contributed by atoms with van der Waals surface area (Å²) in [5.74, 6) is 0. The van der Waals surface area contributed by atoms with E-state index in [1.54, 1.807) is 0 Å². The minimum atomic E-state index is 1.24. The van der Waals surface area contributed by atoms with Crippen LogP contribution in [0.3, 0.4) is 0 Å². The second-order valence-electron chi connectivity index (χ2n) is 28.3. The Labute approximate surface area is 631 Å². The zero-order chi connectivity index (χ0) is 75.0. The Morgan fingerprint density at radius 2 is 0.443 bits per heavy atom. The summed E-state index contributed by atoms with van der Waals surface area (Å²) in [7, 11) is 10.5. The first-order valence-electron chi connectivity index (χ1n) is 36.8. The Morgan fingerprint density at radius 3 is 0.774 bits per heavy atom. The lowest BCUT2D eigenvalue weighted by Gasteiger charge is -2.12. The zero-order valence-electron chi connectivity index (χ0n) is 64.9. The second kappa shape index (κ2) is 35.0. The van der Waals surface area contributed by atoms with E-state index in [0.29, 0.717) is 0 Å². The van der Waals surface area contributed by atoms with Crippen molar-refractivity contribution in [1.29, 1.82) is 0 Å². The number of aryl methyl sites for hydroxylation is 16. The molecule has 0 spiro atoms. The molecule has 526 valence electrons. The number of nitrogens with zero attached hydrogens (tertiary/aromatic N) is 5. The van der Waals surface area contributed by atoms with Crippen LogP contribution in [0, 0.1) is 76.2 Å². The summed E-state index contributed by atoms with van der Waals surface area (Å²) >= 11 is 0. The van der Waals surface area contributed by atoms with Crippen molar-refractivity contribution in [2.24, 2.45) is 35.2 Å². The maximum Gasteiger partial charge on any atom is 0.212 e. The normalized spacial score (nSPS) is 10.6. The van der Waals surface area contributed by atoms with E-state index < -0.39 is 0 Å². The van der Waals surface area contributed by atoms with Crippen LogP contribution in [0.25, 0.3) is 112 Å². The van der Waals surface area contributed by atoms with Gasteiger partial charge in [-0.1, -0.05) is 200 Å². The number of aromatic nitrogens is 5. The second-order valence-corrected chi connectivity index (χ2v) is 28.3. The van der Waals surface area contributed by atoms with Crippen LogP contribution in [0.5, 0.6) is 0 Å². The van der Waals surface area contributed by atoms with Crippen molar-refractivity contribution in [3.63, 3.8) is 0 Å². The summed E-state index contributed by atoms with van der Waals surface area (Å²) in [6.07, 6.45) is 10.7. The van der Waals surface area contributed by atoms with Crippen LogP contribution in [-0.2, 0) is 35.2 Å². The lowest BCUT2D eigenvalue weighted by Crippen LogP contribution is -2.31. The van der Waals surface area contributed by atoms with Gasteiger partial charge in [-0.2, -0.15) is 0 Å². The molecular formula is C101H102N5+5. The van der Waals surface area contributed by atoms with Gasteiger partial charge in [0, 0.05) is 87.0 Å². The summed E-state index contributed by atoms with van der Waals surface area (Å²) in [5, 5.41) is 0. The molecule has 0 fully saturated rings. The molecule has 0 aliphatic rings. The standard InChI is InChI=1S/2C21H22N.2C20H20N.C19H18N/c1-15-10-11-19(18-8-6-5-7-9-18)13-20(15)21-12-16(2)17(3)14-22(21)4;1-15-10-11-21(22(4)14-15)20-13-19(16(2)12-17(20)3)18-8-6-5-7-9-18;1-15-13-16(2)19(20-11-7-8-12-21(20)3)14-18(15)17-9-5-4-6-10-17;1-15-9-12-20(21(3)14-15)19-13-18(11-10-16(19)2)17-7-5-4-6-8-17;1-15-11-12-17(16-8-4-3-5-9-16)14-18(15)19-10-6-7-13-20(19)2/h2*5-14H,1-4H3;2*4-14H,1-3H3;3-14H,1-2H3/q5*+1. The van der Waals surface area contributed by atoms with Crippen molar-refractivity contribution >= 4 is 0 Å². The summed E-state index contributed by atoms with van der Waals surface area (Å²) in [6.45, 7) is 23.8. The topological polar surface area (TPSA) is 19.4 Å². The van der Waals surface area contributed by atoms with E-state index in [9.17, 15) is 0 Å². The molecule has 0 aliphatic heterocycles. The van der Waals surface area contributed by atoms with Gasteiger partial charge in [0.1, 0.15) is 35.2 Å². The van der Waals surface area contributed by atoms with Crippen molar-refractivity contribution in [3.8, 4) is 112 Å². The molecule has 0 radical (unpaired) electrons. The Bertz CT molecular complexity index is 5510. The van der Waals surface area contributed by atoms with Crippen LogP contribution < -0.4 is 22.8 Å². The fourth-order valence-electron chi connectivity index (χ4n) is 14.0. The highest BCUT2D eigenvalue weighted by Crippen LogP contribution is 2.35. The van der Waals surface area contributed by atoms with Gasteiger partial charge in [-0.3, -0.25) is 0 Å². The molecule has 0 N–H and O–H groups in total. The Morgan fingerprint density at radius 1 is 0.160 bits per heavy atom. The fourth-order valence-corrected chi connectivity index (χ4v) is 14.0. The lowest BCUT2D eigenvalue weighted by atomic mass is 9.93. The zero-order valence-corrected chi connectivity index (χ0v) is 64.9. The van der Waals surface area contributed by atoms with Crippen LogP contribution >= 0.6 is 0 Å². The third-order valence-electron chi connectivity index (χ3n) is 20.1. The number of hydrogen-bond acceptors (Lipinski definition) is 0. The predicted molar refractivity (Wildman–Crippen MR) is 445 cm³/mol. The van der Waals surface area contributed by atoms with E-state index in [1.165, 1.54) is 173 Å². The van der Waals surface area contributed by atoms with E-state index in [1.807, 2.05) is 0 Å². The molecule has 0 aliphatic carbocycles. The molecule has 0 amide bonds. The van der Waals surface area contributed by atoms with Crippen LogP contribution in [0.2, 0.25) is 0 Å². The average Bonchev–Trinajstić information content (AvgIpc) is 0.817. The molecule has 0 atom stereocenters. The summed E-state index contributed by atoms with van der Waals surface area (Å²) in [4.78, 5) is 0. The SMILES string of the molecule is Cc1cc(-c2cc(-c3ccccc3)ccc2C)[n+](C)cc1C.Cc1cc(C)c(-c2cccc[n+]2C)cc1-c1ccccc1.Cc1ccc(-c2cc(-c3ccccc3)c(C)cc2C)[n+](C)c1.Cc1ccc(-c2cc(-c3ccccc3)ccc2C)[n+](C)c1.Cc1ccc(-c2ccccc2)cc1-c1cccc[n+]1C. The molecule has 5 aromatic heterocycles. The van der Waals surface area contributed by atoms with Gasteiger partial charge in [-0.25, -0.2) is 22.8 Å². The molecule has 0 unspecified atom stereocenters. The first-order valence-corrected chi connectivity index (χ1v) is 36.8. The van der Waals surface area contributed by atoms with Crippen LogP contribution in [0.4, 0.5) is 0 Å². The summed E-state index contributed by atoms with van der Waals surface area (Å²) < 4.78 is 11.0. The minimum Gasteiger partial charge on any atom is -0.201 e. The van der Waals surface area contributed by atoms with Crippen molar-refractivity contribution < 1.29 is 22.8 Å². The monoisotopic (exact) mass is 1380 g/mol. The maximum absolute atomic E-state index is 2.32. The Kier molecular flexibility index (Phi) is 24.8. The van der Waals surface area contributed by atoms with Gasteiger partial charge in [0.25, 0.3) is 0 Å². The third-order valence-corrected chi connectivity index (χ3v) is 20.1. The first-order chi connectivity index (χ1) is 51.2. The van der Waals surface area contributed by atoms with Crippen LogP contribution in [0.15, 0.2) is 328 Å². The molecular weight excluding hydrogens is 1280 g/mol. The highest BCUT2D eigenvalue weighted by molar-refractivity contribution is 5.79. The smallest absolute Gasteiger partial charge is 0.201 e. The Hall–Kier alpha value is -12.1. The first kappa shape index (κ1) is 75.1. The third kappa shape index (κ3) is 18.5. The molecule has 15 rings (SSSR count). The minimum absolute atomic E-state index is 1.24. The van der Waals surface area contributed by atoms with E-state index >= 15 is 0 Å². The van der Waals surface area contributed by atoms with Gasteiger partial charge in [0.05, 0.1) is 0 Å². The summed E-state index contributed by atoms with van der Waals surface area (Å²) in [6, 6.07) is 106. The Balaban J connectivity index is 0.000000132. The van der Waals surface area contributed by atoms with Gasteiger partial charge in [0.2, 0.25) is 28.5 Å². The lowest BCUT2D eigenvalue weighted by molar-refractivity contribution is -0.660.